The Morgan fingerprint density at radius 3 is 2.35 bits per heavy atom. The molecule has 0 radical (unpaired) electrons. The molecule has 2 heteroatoms. The summed E-state index contributed by atoms with van der Waals surface area (Å²) < 4.78 is 0. The van der Waals surface area contributed by atoms with Crippen LogP contribution in [0.25, 0.3) is 11.0 Å². The third kappa shape index (κ3) is 2.68. The van der Waals surface area contributed by atoms with E-state index in [4.69, 9.17) is 0 Å². The van der Waals surface area contributed by atoms with Crippen LogP contribution < -0.4 is 0 Å². The van der Waals surface area contributed by atoms with Crippen LogP contribution in [0.3, 0.4) is 0 Å². The maximum Gasteiger partial charge on any atom is 0.109 e. The molecule has 0 atom stereocenters. The molecule has 0 aliphatic heterocycles. The number of nitrogens with one attached hydrogen (secondary N) is 1. The van der Waals surface area contributed by atoms with E-state index >= 15 is 0 Å². The van der Waals surface area contributed by atoms with Crippen LogP contribution in [0.2, 0.25) is 0 Å². The molecule has 0 aliphatic carbocycles. The number of benzene rings is 1. The zero-order valence-electron chi connectivity index (χ0n) is 10.8. The van der Waals surface area contributed by atoms with E-state index in [0.29, 0.717) is 5.92 Å². The van der Waals surface area contributed by atoms with E-state index in [1.54, 1.807) is 0 Å². The normalized spacial score (nSPS) is 11.9. The second kappa shape index (κ2) is 4.52. The van der Waals surface area contributed by atoms with Crippen molar-refractivity contribution in [2.45, 2.75) is 53.4 Å². The molecule has 17 heavy (non-hydrogen) atoms. The van der Waals surface area contributed by atoms with Gasteiger partial charge >= 0.3 is 0 Å². The molecule has 0 saturated heterocycles. The zero-order valence-corrected chi connectivity index (χ0v) is 10.8. The highest BCUT2D eigenvalue weighted by Gasteiger charge is 2.15. The quantitative estimate of drug-likeness (QED) is 0.763. The van der Waals surface area contributed by atoms with Crippen molar-refractivity contribution in [3.05, 3.63) is 29.6 Å². The van der Waals surface area contributed by atoms with E-state index in [-0.39, 0.29) is 12.8 Å². The lowest BCUT2D eigenvalue weighted by Gasteiger charge is -2.18. The van der Waals surface area contributed by atoms with Gasteiger partial charge in [-0.2, -0.15) is 0 Å². The van der Waals surface area contributed by atoms with Crippen molar-refractivity contribution in [2.24, 2.45) is 0 Å². The molecule has 0 unspecified atom stereocenters. The van der Waals surface area contributed by atoms with Gasteiger partial charge in [-0.25, -0.2) is 4.98 Å². The highest BCUT2D eigenvalue weighted by Crippen LogP contribution is 2.26. The molecule has 0 amide bonds. The molecule has 94 valence electrons. The van der Waals surface area contributed by atoms with Crippen molar-refractivity contribution in [3.63, 3.8) is 0 Å². The van der Waals surface area contributed by atoms with Gasteiger partial charge in [0.2, 0.25) is 0 Å². The van der Waals surface area contributed by atoms with Crippen LogP contribution in [0.5, 0.6) is 0 Å². The summed E-state index contributed by atoms with van der Waals surface area (Å²) in [5.74, 6) is 1.52. The molecular formula is C15H24N2. The minimum absolute atomic E-state index is 0. The molecule has 1 aromatic heterocycles. The van der Waals surface area contributed by atoms with E-state index in [0.717, 1.165) is 16.9 Å². The third-order valence-corrected chi connectivity index (χ3v) is 2.91. The van der Waals surface area contributed by atoms with Gasteiger partial charge < -0.3 is 4.98 Å². The zero-order chi connectivity index (χ0) is 11.9. The molecule has 2 aromatic rings. The minimum atomic E-state index is 0. The lowest BCUT2D eigenvalue weighted by molar-refractivity contribution is 0.591. The predicted octanol–water partition coefficient (Wildman–Crippen LogP) is 4.62. The van der Waals surface area contributed by atoms with Crippen LogP contribution in [-0.4, -0.2) is 9.97 Å². The SMILES string of the molecule is C.CC(C)c1nc2ccc(C(C)(C)C)cc2[nH]1. The van der Waals surface area contributed by atoms with Crippen LogP contribution in [0.1, 0.15) is 59.4 Å². The Hall–Kier alpha value is -1.31. The molecule has 0 bridgehead atoms. The average Bonchev–Trinajstić information content (AvgIpc) is 2.58. The van der Waals surface area contributed by atoms with Crippen molar-refractivity contribution in [1.29, 1.82) is 0 Å². The van der Waals surface area contributed by atoms with E-state index in [9.17, 15) is 0 Å². The molecule has 0 spiro atoms. The number of aromatic amines is 1. The molecule has 0 saturated carbocycles. The maximum absolute atomic E-state index is 4.58. The summed E-state index contributed by atoms with van der Waals surface area (Å²) in [6.07, 6.45) is 0. The van der Waals surface area contributed by atoms with Crippen molar-refractivity contribution in [3.8, 4) is 0 Å². The van der Waals surface area contributed by atoms with Gasteiger partial charge in [-0.1, -0.05) is 48.1 Å². The van der Waals surface area contributed by atoms with Crippen molar-refractivity contribution >= 4 is 11.0 Å². The number of hydrogen-bond donors (Lipinski definition) is 1. The van der Waals surface area contributed by atoms with Crippen molar-refractivity contribution < 1.29 is 0 Å². The van der Waals surface area contributed by atoms with Gasteiger partial charge in [0.05, 0.1) is 11.0 Å². The lowest BCUT2D eigenvalue weighted by atomic mass is 9.87. The fraction of sp³-hybridized carbons (Fsp3) is 0.533. The predicted molar refractivity (Wildman–Crippen MR) is 75.6 cm³/mol. The van der Waals surface area contributed by atoms with Crippen LogP contribution in [-0.2, 0) is 5.41 Å². The Morgan fingerprint density at radius 2 is 1.82 bits per heavy atom. The topological polar surface area (TPSA) is 28.7 Å². The van der Waals surface area contributed by atoms with Crippen LogP contribution in [0.4, 0.5) is 0 Å². The van der Waals surface area contributed by atoms with Gasteiger partial charge in [-0.3, -0.25) is 0 Å². The second-order valence-corrected chi connectivity index (χ2v) is 5.76. The Kier molecular flexibility index (Phi) is 3.65. The van der Waals surface area contributed by atoms with Crippen LogP contribution >= 0.6 is 0 Å². The highest BCUT2D eigenvalue weighted by molar-refractivity contribution is 5.76. The minimum Gasteiger partial charge on any atom is -0.342 e. The third-order valence-electron chi connectivity index (χ3n) is 2.91. The fourth-order valence-electron chi connectivity index (χ4n) is 1.77. The van der Waals surface area contributed by atoms with E-state index in [1.807, 2.05) is 0 Å². The maximum atomic E-state index is 4.58. The Balaban J connectivity index is 0.00000144. The summed E-state index contributed by atoms with van der Waals surface area (Å²) >= 11 is 0. The first-order valence-electron chi connectivity index (χ1n) is 5.88. The van der Waals surface area contributed by atoms with Gasteiger partial charge in [-0.05, 0) is 23.1 Å². The van der Waals surface area contributed by atoms with Crippen molar-refractivity contribution in [1.82, 2.24) is 9.97 Å². The van der Waals surface area contributed by atoms with Gasteiger partial charge in [0.1, 0.15) is 5.82 Å². The first-order chi connectivity index (χ1) is 7.38. The van der Waals surface area contributed by atoms with Gasteiger partial charge in [0, 0.05) is 5.92 Å². The average molecular weight is 232 g/mol. The summed E-state index contributed by atoms with van der Waals surface area (Å²) in [4.78, 5) is 7.98. The number of aromatic nitrogens is 2. The standard InChI is InChI=1S/C14H20N2.CH4/c1-9(2)13-15-11-7-6-10(14(3,4)5)8-12(11)16-13;/h6-9H,1-5H3,(H,15,16);1H4. The molecule has 1 heterocycles. The molecule has 0 aliphatic rings. The molecular weight excluding hydrogens is 208 g/mol. The molecule has 0 fully saturated rings. The number of rotatable bonds is 1. The summed E-state index contributed by atoms with van der Waals surface area (Å²) in [6.45, 7) is 11.0. The molecule has 2 rings (SSSR count). The van der Waals surface area contributed by atoms with Gasteiger partial charge in [0.15, 0.2) is 0 Å². The number of fused-ring (bicyclic) bond motifs is 1. The van der Waals surface area contributed by atoms with Crippen LogP contribution in [0.15, 0.2) is 18.2 Å². The van der Waals surface area contributed by atoms with E-state index < -0.39 is 0 Å². The molecule has 2 nitrogen and oxygen atoms in total. The van der Waals surface area contributed by atoms with E-state index in [2.05, 4.69) is 62.8 Å². The first kappa shape index (κ1) is 13.8. The number of H-pyrrole nitrogens is 1. The van der Waals surface area contributed by atoms with Gasteiger partial charge in [-0.15, -0.1) is 0 Å². The Bertz CT molecular complexity index is 501. The molecule has 1 aromatic carbocycles. The fourth-order valence-corrected chi connectivity index (χ4v) is 1.77. The summed E-state index contributed by atoms with van der Waals surface area (Å²) in [5, 5.41) is 0. The Labute approximate surface area is 104 Å². The number of imidazole rings is 1. The summed E-state index contributed by atoms with van der Waals surface area (Å²) in [7, 11) is 0. The first-order valence-corrected chi connectivity index (χ1v) is 5.88. The summed E-state index contributed by atoms with van der Waals surface area (Å²) in [6, 6.07) is 6.50. The van der Waals surface area contributed by atoms with Crippen LogP contribution in [0, 0.1) is 0 Å². The Morgan fingerprint density at radius 1 is 1.18 bits per heavy atom. The number of hydrogen-bond acceptors (Lipinski definition) is 1. The highest BCUT2D eigenvalue weighted by atomic mass is 14.9. The summed E-state index contributed by atoms with van der Waals surface area (Å²) in [5.41, 5.74) is 3.75. The van der Waals surface area contributed by atoms with Gasteiger partial charge in [0.25, 0.3) is 0 Å². The van der Waals surface area contributed by atoms with E-state index in [1.165, 1.54) is 5.56 Å². The number of nitrogens with zero attached hydrogens (tertiary/aromatic N) is 1. The smallest absolute Gasteiger partial charge is 0.109 e. The molecule has 1 N–H and O–H groups in total. The largest absolute Gasteiger partial charge is 0.342 e. The van der Waals surface area contributed by atoms with Crippen molar-refractivity contribution in [2.75, 3.05) is 0 Å². The second-order valence-electron chi connectivity index (χ2n) is 5.76. The lowest BCUT2D eigenvalue weighted by Crippen LogP contribution is -2.10. The monoisotopic (exact) mass is 232 g/mol.